The molecule has 1 amide bonds. The fraction of sp³-hybridized carbons (Fsp3) is 0.200. The van der Waals surface area contributed by atoms with E-state index in [0.717, 1.165) is 17.9 Å². The summed E-state index contributed by atoms with van der Waals surface area (Å²) in [6.07, 6.45) is 3.08. The van der Waals surface area contributed by atoms with Crippen molar-refractivity contribution in [3.63, 3.8) is 0 Å². The first-order valence-corrected chi connectivity index (χ1v) is 6.78. The van der Waals surface area contributed by atoms with E-state index in [1.54, 1.807) is 17.2 Å². The average molecular weight is 288 g/mol. The minimum atomic E-state index is -0.0852. The molecular weight excluding hydrogens is 274 g/mol. The van der Waals surface area contributed by atoms with Crippen molar-refractivity contribution < 1.29 is 4.79 Å². The van der Waals surface area contributed by atoms with Crippen LogP contribution in [0.1, 0.15) is 10.4 Å². The maximum absolute atomic E-state index is 12.7. The Morgan fingerprint density at radius 1 is 1.20 bits per heavy atom. The lowest BCUT2D eigenvalue weighted by atomic mass is 10.1. The normalized spacial score (nSPS) is 14.1. The van der Waals surface area contributed by atoms with Gasteiger partial charge < -0.3 is 9.80 Å². The van der Waals surface area contributed by atoms with Crippen LogP contribution in [0.2, 0.25) is 5.02 Å². The standard InChI is InChI=1S/C15H14ClN3O/c1-18-8-9-19(14-5-3-2-4-13(14)18)15(20)11-6-7-17-10-12(11)16/h2-7,10H,8-9H2,1H3. The van der Waals surface area contributed by atoms with Gasteiger partial charge in [0.05, 0.1) is 22.0 Å². The SMILES string of the molecule is CN1CCN(C(=O)c2ccncc2Cl)c2ccccc21. The van der Waals surface area contributed by atoms with Crippen LogP contribution in [0, 0.1) is 0 Å². The van der Waals surface area contributed by atoms with E-state index in [0.29, 0.717) is 17.1 Å². The van der Waals surface area contributed by atoms with E-state index in [2.05, 4.69) is 9.88 Å². The lowest BCUT2D eigenvalue weighted by molar-refractivity contribution is 0.0987. The summed E-state index contributed by atoms with van der Waals surface area (Å²) in [5, 5.41) is 0.383. The number of carbonyl (C=O) groups excluding carboxylic acids is 1. The van der Waals surface area contributed by atoms with Gasteiger partial charge in [-0.25, -0.2) is 0 Å². The van der Waals surface area contributed by atoms with Gasteiger partial charge in [-0.05, 0) is 18.2 Å². The Balaban J connectivity index is 2.02. The topological polar surface area (TPSA) is 36.4 Å². The van der Waals surface area contributed by atoms with Crippen LogP contribution in [0.25, 0.3) is 0 Å². The van der Waals surface area contributed by atoms with Gasteiger partial charge in [0.15, 0.2) is 0 Å². The highest BCUT2D eigenvalue weighted by molar-refractivity contribution is 6.34. The van der Waals surface area contributed by atoms with Crippen molar-refractivity contribution in [2.24, 2.45) is 0 Å². The van der Waals surface area contributed by atoms with E-state index >= 15 is 0 Å². The smallest absolute Gasteiger partial charge is 0.260 e. The zero-order valence-corrected chi connectivity index (χ0v) is 11.8. The van der Waals surface area contributed by atoms with Crippen LogP contribution in [0.5, 0.6) is 0 Å². The van der Waals surface area contributed by atoms with Gasteiger partial charge in [0.25, 0.3) is 5.91 Å². The molecule has 1 aromatic heterocycles. The summed E-state index contributed by atoms with van der Waals surface area (Å²) < 4.78 is 0. The zero-order chi connectivity index (χ0) is 14.1. The number of carbonyl (C=O) groups is 1. The molecule has 2 heterocycles. The van der Waals surface area contributed by atoms with Crippen LogP contribution in [0.15, 0.2) is 42.7 Å². The zero-order valence-electron chi connectivity index (χ0n) is 11.1. The Morgan fingerprint density at radius 3 is 2.70 bits per heavy atom. The highest BCUT2D eigenvalue weighted by Crippen LogP contribution is 2.33. The summed E-state index contributed by atoms with van der Waals surface area (Å²) in [7, 11) is 2.03. The maximum Gasteiger partial charge on any atom is 0.260 e. The fourth-order valence-electron chi connectivity index (χ4n) is 2.41. The number of hydrogen-bond donors (Lipinski definition) is 0. The molecule has 0 saturated heterocycles. The predicted molar refractivity (Wildman–Crippen MR) is 80.6 cm³/mol. The van der Waals surface area contributed by atoms with E-state index < -0.39 is 0 Å². The van der Waals surface area contributed by atoms with Crippen molar-refractivity contribution >= 4 is 28.9 Å². The Morgan fingerprint density at radius 2 is 1.95 bits per heavy atom. The van der Waals surface area contributed by atoms with Crippen LogP contribution < -0.4 is 9.80 Å². The number of amides is 1. The molecule has 0 N–H and O–H groups in total. The highest BCUT2D eigenvalue weighted by atomic mass is 35.5. The molecule has 102 valence electrons. The molecule has 0 unspecified atom stereocenters. The number of anilines is 2. The monoisotopic (exact) mass is 287 g/mol. The van der Waals surface area contributed by atoms with Gasteiger partial charge in [0.2, 0.25) is 0 Å². The van der Waals surface area contributed by atoms with Crippen LogP contribution in [-0.4, -0.2) is 31.0 Å². The molecule has 0 radical (unpaired) electrons. The predicted octanol–water partition coefficient (Wildman–Crippen LogP) is 2.83. The number of halogens is 1. The molecule has 5 heteroatoms. The van der Waals surface area contributed by atoms with Crippen molar-refractivity contribution in [1.29, 1.82) is 0 Å². The average Bonchev–Trinajstić information content (AvgIpc) is 2.48. The van der Waals surface area contributed by atoms with Gasteiger partial charge >= 0.3 is 0 Å². The number of hydrogen-bond acceptors (Lipinski definition) is 3. The first-order chi connectivity index (χ1) is 9.68. The lowest BCUT2D eigenvalue weighted by Crippen LogP contribution is -2.42. The number of fused-ring (bicyclic) bond motifs is 1. The summed E-state index contributed by atoms with van der Waals surface area (Å²) in [6.45, 7) is 1.44. The molecule has 1 aliphatic heterocycles. The first kappa shape index (κ1) is 12.9. The molecule has 4 nitrogen and oxygen atoms in total. The molecule has 0 atom stereocenters. The molecule has 2 aromatic rings. The molecule has 1 aliphatic rings. The third-order valence-electron chi connectivity index (χ3n) is 3.49. The number of para-hydroxylation sites is 2. The Labute approximate surface area is 122 Å². The van der Waals surface area contributed by atoms with Crippen molar-refractivity contribution in [3.05, 3.63) is 53.3 Å². The number of likely N-dealkylation sites (N-methyl/N-ethyl adjacent to an activating group) is 1. The van der Waals surface area contributed by atoms with Crippen molar-refractivity contribution in [2.45, 2.75) is 0 Å². The third-order valence-corrected chi connectivity index (χ3v) is 3.79. The second-order valence-corrected chi connectivity index (χ2v) is 5.13. The summed E-state index contributed by atoms with van der Waals surface area (Å²) in [4.78, 5) is 20.5. The number of nitrogens with zero attached hydrogens (tertiary/aromatic N) is 3. The van der Waals surface area contributed by atoms with Gasteiger partial charge in [0.1, 0.15) is 0 Å². The number of benzene rings is 1. The fourth-order valence-corrected chi connectivity index (χ4v) is 2.61. The molecule has 0 aliphatic carbocycles. The van der Waals surface area contributed by atoms with E-state index in [9.17, 15) is 4.79 Å². The first-order valence-electron chi connectivity index (χ1n) is 6.40. The van der Waals surface area contributed by atoms with Crippen LogP contribution in [0.4, 0.5) is 11.4 Å². The molecule has 0 bridgehead atoms. The Kier molecular flexibility index (Phi) is 3.32. The van der Waals surface area contributed by atoms with E-state index in [-0.39, 0.29) is 5.91 Å². The molecule has 20 heavy (non-hydrogen) atoms. The van der Waals surface area contributed by atoms with Crippen molar-refractivity contribution in [1.82, 2.24) is 4.98 Å². The number of rotatable bonds is 1. The minimum Gasteiger partial charge on any atom is -0.371 e. The lowest BCUT2D eigenvalue weighted by Gasteiger charge is -2.35. The molecular formula is C15H14ClN3O. The molecule has 3 rings (SSSR count). The second kappa shape index (κ2) is 5.13. The molecule has 1 aromatic carbocycles. The molecule has 0 fully saturated rings. The molecule has 0 spiro atoms. The van der Waals surface area contributed by atoms with Gasteiger partial charge in [-0.1, -0.05) is 23.7 Å². The Hall–Kier alpha value is -2.07. The Bertz CT molecular complexity index is 659. The summed E-state index contributed by atoms with van der Waals surface area (Å²) in [5.41, 5.74) is 2.46. The van der Waals surface area contributed by atoms with Gasteiger partial charge in [0, 0.05) is 32.5 Å². The van der Waals surface area contributed by atoms with Crippen LogP contribution >= 0.6 is 11.6 Å². The number of pyridine rings is 1. The van der Waals surface area contributed by atoms with Gasteiger partial charge in [-0.2, -0.15) is 0 Å². The maximum atomic E-state index is 12.7. The largest absolute Gasteiger partial charge is 0.371 e. The highest BCUT2D eigenvalue weighted by Gasteiger charge is 2.26. The third kappa shape index (κ3) is 2.12. The molecule has 0 saturated carbocycles. The summed E-state index contributed by atoms with van der Waals surface area (Å²) in [5.74, 6) is -0.0852. The quantitative estimate of drug-likeness (QED) is 0.809. The second-order valence-electron chi connectivity index (χ2n) is 4.72. The van der Waals surface area contributed by atoms with Crippen LogP contribution in [-0.2, 0) is 0 Å². The van der Waals surface area contributed by atoms with E-state index in [4.69, 9.17) is 11.6 Å². The van der Waals surface area contributed by atoms with E-state index in [1.165, 1.54) is 6.20 Å². The van der Waals surface area contributed by atoms with Crippen molar-refractivity contribution in [3.8, 4) is 0 Å². The van der Waals surface area contributed by atoms with Gasteiger partial charge in [-0.3, -0.25) is 9.78 Å². The van der Waals surface area contributed by atoms with Gasteiger partial charge in [-0.15, -0.1) is 0 Å². The minimum absolute atomic E-state index is 0.0852. The summed E-state index contributed by atoms with van der Waals surface area (Å²) in [6, 6.07) is 9.54. The number of aromatic nitrogens is 1. The van der Waals surface area contributed by atoms with E-state index in [1.807, 2.05) is 31.3 Å². The summed E-state index contributed by atoms with van der Waals surface area (Å²) >= 11 is 6.07. The van der Waals surface area contributed by atoms with Crippen molar-refractivity contribution in [2.75, 3.05) is 29.9 Å². The van der Waals surface area contributed by atoms with Crippen LogP contribution in [0.3, 0.4) is 0 Å².